The Balaban J connectivity index is 2.04. The quantitative estimate of drug-likeness (QED) is 0.885. The lowest BCUT2D eigenvalue weighted by Gasteiger charge is -2.08. The fourth-order valence-electron chi connectivity index (χ4n) is 1.69. The lowest BCUT2D eigenvalue weighted by molar-refractivity contribution is 0.414. The van der Waals surface area contributed by atoms with E-state index in [1.807, 2.05) is 30.3 Å². The highest BCUT2D eigenvalue weighted by Crippen LogP contribution is 2.16. The van der Waals surface area contributed by atoms with Gasteiger partial charge in [0.1, 0.15) is 11.6 Å². The number of ether oxygens (including phenoxy) is 1. The minimum absolute atomic E-state index is 0.189. The highest BCUT2D eigenvalue weighted by atomic mass is 19.1. The van der Waals surface area contributed by atoms with Gasteiger partial charge in [0, 0.05) is 12.2 Å². The van der Waals surface area contributed by atoms with Crippen LogP contribution in [0.3, 0.4) is 0 Å². The molecule has 0 saturated heterocycles. The third-order valence-corrected chi connectivity index (χ3v) is 2.80. The summed E-state index contributed by atoms with van der Waals surface area (Å²) in [6.07, 6.45) is 0. The Labute approximate surface area is 106 Å². The van der Waals surface area contributed by atoms with E-state index >= 15 is 0 Å². The van der Waals surface area contributed by atoms with Gasteiger partial charge in [-0.2, -0.15) is 0 Å². The molecular formula is C15H16FNO. The molecule has 0 bridgehead atoms. The highest BCUT2D eigenvalue weighted by molar-refractivity contribution is 5.46. The number of aryl methyl sites for hydroxylation is 1. The SMILES string of the molecule is COc1cccc(CNc2ccc(C)c(F)c2)c1. The van der Waals surface area contributed by atoms with Gasteiger partial charge in [-0.15, -0.1) is 0 Å². The summed E-state index contributed by atoms with van der Waals surface area (Å²) in [7, 11) is 1.64. The normalized spacial score (nSPS) is 10.2. The van der Waals surface area contributed by atoms with Gasteiger partial charge in [0.25, 0.3) is 0 Å². The van der Waals surface area contributed by atoms with Crippen molar-refractivity contribution >= 4 is 5.69 Å². The zero-order valence-electron chi connectivity index (χ0n) is 10.5. The summed E-state index contributed by atoms with van der Waals surface area (Å²) < 4.78 is 18.5. The first-order chi connectivity index (χ1) is 8.69. The number of halogens is 1. The molecule has 0 spiro atoms. The van der Waals surface area contributed by atoms with Crippen LogP contribution in [0.15, 0.2) is 42.5 Å². The molecule has 0 unspecified atom stereocenters. The van der Waals surface area contributed by atoms with E-state index in [0.717, 1.165) is 17.0 Å². The fraction of sp³-hybridized carbons (Fsp3) is 0.200. The number of nitrogens with one attached hydrogen (secondary N) is 1. The predicted octanol–water partition coefficient (Wildman–Crippen LogP) is 3.75. The molecule has 0 aliphatic carbocycles. The monoisotopic (exact) mass is 245 g/mol. The standard InChI is InChI=1S/C15H16FNO/c1-11-6-7-13(9-15(11)16)17-10-12-4-3-5-14(8-12)18-2/h3-9,17H,10H2,1-2H3. The molecule has 0 aliphatic rings. The van der Waals surface area contributed by atoms with Gasteiger partial charge in [-0.05, 0) is 42.3 Å². The van der Waals surface area contributed by atoms with Crippen LogP contribution in [-0.2, 0) is 6.54 Å². The molecule has 2 nitrogen and oxygen atoms in total. The van der Waals surface area contributed by atoms with Crippen LogP contribution in [0.1, 0.15) is 11.1 Å². The van der Waals surface area contributed by atoms with Crippen molar-refractivity contribution in [3.05, 3.63) is 59.4 Å². The third kappa shape index (κ3) is 3.00. The van der Waals surface area contributed by atoms with E-state index < -0.39 is 0 Å². The maximum absolute atomic E-state index is 13.4. The van der Waals surface area contributed by atoms with Gasteiger partial charge in [-0.1, -0.05) is 18.2 Å². The molecule has 2 rings (SSSR count). The van der Waals surface area contributed by atoms with Gasteiger partial charge in [-0.3, -0.25) is 0 Å². The molecule has 2 aromatic rings. The van der Waals surface area contributed by atoms with Crippen molar-refractivity contribution < 1.29 is 9.13 Å². The fourth-order valence-corrected chi connectivity index (χ4v) is 1.69. The third-order valence-electron chi connectivity index (χ3n) is 2.80. The lowest BCUT2D eigenvalue weighted by Crippen LogP contribution is -2.00. The number of hydrogen-bond donors (Lipinski definition) is 1. The first-order valence-corrected chi connectivity index (χ1v) is 5.82. The molecule has 0 radical (unpaired) electrons. The van der Waals surface area contributed by atoms with Crippen molar-refractivity contribution in [2.45, 2.75) is 13.5 Å². The summed E-state index contributed by atoms with van der Waals surface area (Å²) in [6, 6.07) is 12.9. The van der Waals surface area contributed by atoms with Gasteiger partial charge in [-0.25, -0.2) is 4.39 Å². The molecule has 3 heteroatoms. The Hall–Kier alpha value is -2.03. The summed E-state index contributed by atoms with van der Waals surface area (Å²) in [5.41, 5.74) is 2.53. The number of hydrogen-bond acceptors (Lipinski definition) is 2. The highest BCUT2D eigenvalue weighted by Gasteiger charge is 2.00. The summed E-state index contributed by atoms with van der Waals surface area (Å²) in [6.45, 7) is 2.39. The zero-order chi connectivity index (χ0) is 13.0. The van der Waals surface area contributed by atoms with Crippen LogP contribution in [0.4, 0.5) is 10.1 Å². The van der Waals surface area contributed by atoms with Crippen LogP contribution >= 0.6 is 0 Å². The van der Waals surface area contributed by atoms with Gasteiger partial charge in [0.15, 0.2) is 0 Å². The molecule has 0 heterocycles. The summed E-state index contributed by atoms with van der Waals surface area (Å²) in [5.74, 6) is 0.634. The number of benzene rings is 2. The Kier molecular flexibility index (Phi) is 3.82. The van der Waals surface area contributed by atoms with Crippen molar-refractivity contribution in [1.82, 2.24) is 0 Å². The van der Waals surface area contributed by atoms with Crippen molar-refractivity contribution in [3.63, 3.8) is 0 Å². The maximum Gasteiger partial charge on any atom is 0.128 e. The van der Waals surface area contributed by atoms with Gasteiger partial charge in [0.05, 0.1) is 7.11 Å². The van der Waals surface area contributed by atoms with E-state index in [1.165, 1.54) is 6.07 Å². The second-order valence-corrected chi connectivity index (χ2v) is 4.17. The Bertz CT molecular complexity index is 540. The van der Waals surface area contributed by atoms with Gasteiger partial charge < -0.3 is 10.1 Å². The van der Waals surface area contributed by atoms with Crippen LogP contribution in [0.25, 0.3) is 0 Å². The minimum atomic E-state index is -0.189. The molecule has 0 atom stereocenters. The average molecular weight is 245 g/mol. The summed E-state index contributed by atoms with van der Waals surface area (Å²) in [5, 5.41) is 3.18. The topological polar surface area (TPSA) is 21.3 Å². The number of rotatable bonds is 4. The molecule has 0 amide bonds. The van der Waals surface area contributed by atoms with E-state index in [2.05, 4.69) is 5.32 Å². The van der Waals surface area contributed by atoms with E-state index in [0.29, 0.717) is 12.1 Å². The second kappa shape index (κ2) is 5.54. The van der Waals surface area contributed by atoms with Gasteiger partial charge >= 0.3 is 0 Å². The van der Waals surface area contributed by atoms with E-state index in [9.17, 15) is 4.39 Å². The van der Waals surface area contributed by atoms with E-state index in [1.54, 1.807) is 20.1 Å². The van der Waals surface area contributed by atoms with Crippen molar-refractivity contribution in [3.8, 4) is 5.75 Å². The molecule has 1 N–H and O–H groups in total. The number of anilines is 1. The smallest absolute Gasteiger partial charge is 0.128 e. The van der Waals surface area contributed by atoms with Gasteiger partial charge in [0.2, 0.25) is 0 Å². The van der Waals surface area contributed by atoms with Crippen molar-refractivity contribution in [2.24, 2.45) is 0 Å². The minimum Gasteiger partial charge on any atom is -0.497 e. The Morgan fingerprint density at radius 2 is 2.00 bits per heavy atom. The first kappa shape index (κ1) is 12.4. The van der Waals surface area contributed by atoms with Crippen LogP contribution < -0.4 is 10.1 Å². The molecule has 94 valence electrons. The summed E-state index contributed by atoms with van der Waals surface area (Å²) in [4.78, 5) is 0. The average Bonchev–Trinajstić information content (AvgIpc) is 2.40. The Morgan fingerprint density at radius 1 is 1.17 bits per heavy atom. The predicted molar refractivity (Wildman–Crippen MR) is 71.5 cm³/mol. The molecule has 18 heavy (non-hydrogen) atoms. The molecule has 0 fully saturated rings. The molecule has 0 aromatic heterocycles. The second-order valence-electron chi connectivity index (χ2n) is 4.17. The van der Waals surface area contributed by atoms with E-state index in [4.69, 9.17) is 4.74 Å². The molecule has 0 aliphatic heterocycles. The maximum atomic E-state index is 13.4. The van der Waals surface area contributed by atoms with Crippen LogP contribution in [0.2, 0.25) is 0 Å². The van der Waals surface area contributed by atoms with Crippen LogP contribution in [-0.4, -0.2) is 7.11 Å². The van der Waals surface area contributed by atoms with Crippen molar-refractivity contribution in [1.29, 1.82) is 0 Å². The zero-order valence-corrected chi connectivity index (χ0v) is 10.5. The van der Waals surface area contributed by atoms with E-state index in [-0.39, 0.29) is 5.82 Å². The number of methoxy groups -OCH3 is 1. The Morgan fingerprint density at radius 3 is 2.72 bits per heavy atom. The summed E-state index contributed by atoms with van der Waals surface area (Å²) >= 11 is 0. The van der Waals surface area contributed by atoms with Crippen LogP contribution in [0, 0.1) is 12.7 Å². The molecule has 0 saturated carbocycles. The molecular weight excluding hydrogens is 229 g/mol. The molecule has 2 aromatic carbocycles. The first-order valence-electron chi connectivity index (χ1n) is 5.82. The largest absolute Gasteiger partial charge is 0.497 e. The van der Waals surface area contributed by atoms with Crippen LogP contribution in [0.5, 0.6) is 5.75 Å². The van der Waals surface area contributed by atoms with Crippen molar-refractivity contribution in [2.75, 3.05) is 12.4 Å². The lowest BCUT2D eigenvalue weighted by atomic mass is 10.2.